The van der Waals surface area contributed by atoms with Gasteiger partial charge < -0.3 is 0 Å². The van der Waals surface area contributed by atoms with Gasteiger partial charge in [0.15, 0.2) is 0 Å². The molecule has 0 aromatic rings. The minimum Gasteiger partial charge on any atom is -0.200 e. The van der Waals surface area contributed by atoms with E-state index in [1.54, 1.807) is 0 Å². The lowest BCUT2D eigenvalue weighted by molar-refractivity contribution is -0.396. The minimum atomic E-state index is -6.86. The number of hydrogen-bond acceptors (Lipinski definition) is 0. The van der Waals surface area contributed by atoms with E-state index in [1.165, 1.54) is 0 Å². The van der Waals surface area contributed by atoms with Crippen molar-refractivity contribution in [3.05, 3.63) is 0 Å². The molecule has 0 saturated heterocycles. The number of hydrogen-bond donors (Lipinski definition) is 0. The molecule has 19 heavy (non-hydrogen) atoms. The molecule has 0 aliphatic rings. The smallest absolute Gasteiger partial charge is 0.200 e. The molecule has 0 spiro atoms. The SMILES string of the molecule is C[Si](Cl)(Cl)CCC(F)(F)C(F)(F)C(F)(F)C(F)(F)F. The highest BCUT2D eigenvalue weighted by atomic mass is 35.7. The average molecular weight is 361 g/mol. The summed E-state index contributed by atoms with van der Waals surface area (Å²) in [4.78, 5) is 0. The van der Waals surface area contributed by atoms with Gasteiger partial charge in [-0.2, -0.15) is 39.5 Å². The Balaban J connectivity index is 5.28. The van der Waals surface area contributed by atoms with Crippen molar-refractivity contribution in [1.82, 2.24) is 0 Å². The van der Waals surface area contributed by atoms with Crippen molar-refractivity contribution in [2.24, 2.45) is 0 Å². The molecule has 0 bridgehead atoms. The van der Waals surface area contributed by atoms with E-state index < -0.39 is 43.1 Å². The molecule has 0 nitrogen and oxygen atoms in total. The molecule has 0 aliphatic heterocycles. The fraction of sp³-hybridized carbons (Fsp3) is 1.00. The van der Waals surface area contributed by atoms with Crippen molar-refractivity contribution in [1.29, 1.82) is 0 Å². The van der Waals surface area contributed by atoms with Gasteiger partial charge in [0.1, 0.15) is 0 Å². The zero-order chi connectivity index (χ0) is 15.9. The van der Waals surface area contributed by atoms with E-state index >= 15 is 0 Å². The van der Waals surface area contributed by atoms with Crippen LogP contribution in [-0.4, -0.2) is 30.6 Å². The highest BCUT2D eigenvalue weighted by Crippen LogP contribution is 2.54. The highest BCUT2D eigenvalue weighted by molar-refractivity contribution is 7.44. The predicted molar refractivity (Wildman–Crippen MR) is 53.6 cm³/mol. The molecular formula is C7H7Cl2F9Si. The van der Waals surface area contributed by atoms with E-state index in [0.29, 0.717) is 0 Å². The fourth-order valence-corrected chi connectivity index (χ4v) is 2.26. The van der Waals surface area contributed by atoms with Crippen molar-refractivity contribution in [2.75, 3.05) is 0 Å². The fourth-order valence-electron chi connectivity index (χ4n) is 0.941. The maximum atomic E-state index is 12.9. The summed E-state index contributed by atoms with van der Waals surface area (Å²) in [5.74, 6) is -19.0. The Hall–Kier alpha value is 0.167. The van der Waals surface area contributed by atoms with Crippen molar-refractivity contribution < 1.29 is 39.5 Å². The second kappa shape index (κ2) is 5.17. The lowest BCUT2D eigenvalue weighted by Crippen LogP contribution is -2.60. The molecule has 116 valence electrons. The van der Waals surface area contributed by atoms with Crippen molar-refractivity contribution >= 4 is 28.9 Å². The molecule has 0 N–H and O–H groups in total. The standard InChI is InChI=1S/C7H7Cl2F9Si/c1-19(8,9)3-2-4(10,11)5(12,13)6(14,15)7(16,17)18/h2-3H2,1H3. The molecule has 12 heteroatoms. The summed E-state index contributed by atoms with van der Waals surface area (Å²) < 4.78 is 111. The van der Waals surface area contributed by atoms with Crippen LogP contribution in [-0.2, 0) is 0 Å². The molecule has 0 saturated carbocycles. The average Bonchev–Trinajstić information content (AvgIpc) is 2.11. The molecule has 0 heterocycles. The normalized spacial score (nSPS) is 15.8. The van der Waals surface area contributed by atoms with Crippen LogP contribution in [0.25, 0.3) is 0 Å². The Morgan fingerprint density at radius 1 is 0.789 bits per heavy atom. The summed E-state index contributed by atoms with van der Waals surface area (Å²) in [6, 6.07) is -0.966. The molecule has 0 radical (unpaired) electrons. The Labute approximate surface area is 112 Å². The van der Waals surface area contributed by atoms with E-state index in [1.807, 2.05) is 0 Å². The first-order chi connectivity index (χ1) is 7.96. The van der Waals surface area contributed by atoms with Crippen LogP contribution < -0.4 is 0 Å². The van der Waals surface area contributed by atoms with Crippen molar-refractivity contribution in [3.63, 3.8) is 0 Å². The van der Waals surface area contributed by atoms with Gasteiger partial charge in [0.25, 0.3) is 0 Å². The summed E-state index contributed by atoms with van der Waals surface area (Å²) in [5, 5.41) is 0. The zero-order valence-corrected chi connectivity index (χ0v) is 11.6. The first-order valence-corrected chi connectivity index (χ1v) is 9.27. The molecular weight excluding hydrogens is 354 g/mol. The second-order valence-corrected chi connectivity index (χ2v) is 12.1. The van der Waals surface area contributed by atoms with E-state index in [9.17, 15) is 39.5 Å². The first-order valence-electron chi connectivity index (χ1n) is 4.54. The Kier molecular flexibility index (Phi) is 5.22. The number of halogens is 11. The second-order valence-electron chi connectivity index (χ2n) is 3.92. The Bertz CT molecular complexity index is 320. The minimum absolute atomic E-state index is 0.966. The molecule has 0 unspecified atom stereocenters. The third-order valence-corrected chi connectivity index (χ3v) is 4.35. The maximum Gasteiger partial charge on any atom is 0.460 e. The lowest BCUT2D eigenvalue weighted by Gasteiger charge is -2.34. The first kappa shape index (κ1) is 19.2. The number of alkyl halides is 9. The molecule has 0 aromatic heterocycles. The van der Waals surface area contributed by atoms with Gasteiger partial charge in [-0.15, -0.1) is 22.2 Å². The zero-order valence-electron chi connectivity index (χ0n) is 9.07. The molecule has 0 aliphatic carbocycles. The summed E-state index contributed by atoms with van der Waals surface area (Å²) in [5.41, 5.74) is 0. The summed E-state index contributed by atoms with van der Waals surface area (Å²) in [6.45, 7) is -2.31. The maximum absolute atomic E-state index is 12.9. The summed E-state index contributed by atoms with van der Waals surface area (Å²) >= 11 is 10.6. The molecule has 0 atom stereocenters. The topological polar surface area (TPSA) is 0 Å². The third-order valence-electron chi connectivity index (χ3n) is 2.09. The molecule has 0 fully saturated rings. The quantitative estimate of drug-likeness (QED) is 0.350. The van der Waals surface area contributed by atoms with Gasteiger partial charge in [-0.25, -0.2) is 0 Å². The van der Waals surface area contributed by atoms with E-state index in [0.717, 1.165) is 6.55 Å². The van der Waals surface area contributed by atoms with Crippen LogP contribution in [0.2, 0.25) is 12.6 Å². The van der Waals surface area contributed by atoms with E-state index in [4.69, 9.17) is 22.2 Å². The lowest BCUT2D eigenvalue weighted by atomic mass is 10.0. The summed E-state index contributed by atoms with van der Waals surface area (Å²) in [7, 11) is 0. The number of rotatable bonds is 5. The molecule has 0 amide bonds. The van der Waals surface area contributed by atoms with Gasteiger partial charge in [0, 0.05) is 6.42 Å². The Morgan fingerprint density at radius 3 is 1.42 bits per heavy atom. The van der Waals surface area contributed by atoms with Crippen molar-refractivity contribution in [3.8, 4) is 0 Å². The molecule has 0 aromatic carbocycles. The van der Waals surface area contributed by atoms with Crippen molar-refractivity contribution in [2.45, 2.75) is 43.0 Å². The monoisotopic (exact) mass is 360 g/mol. The van der Waals surface area contributed by atoms with Gasteiger partial charge in [-0.1, -0.05) is 0 Å². The van der Waals surface area contributed by atoms with E-state index in [-0.39, 0.29) is 0 Å². The summed E-state index contributed by atoms with van der Waals surface area (Å²) in [6.07, 6.45) is -8.77. The largest absolute Gasteiger partial charge is 0.460 e. The van der Waals surface area contributed by atoms with Gasteiger partial charge >= 0.3 is 23.9 Å². The highest BCUT2D eigenvalue weighted by Gasteiger charge is 2.81. The van der Waals surface area contributed by atoms with Gasteiger partial charge in [0.05, 0.1) is 0 Å². The Morgan fingerprint density at radius 2 is 1.16 bits per heavy atom. The van der Waals surface area contributed by atoms with Crippen LogP contribution in [0, 0.1) is 0 Å². The predicted octanol–water partition coefficient (Wildman–Crippen LogP) is 5.39. The van der Waals surface area contributed by atoms with Gasteiger partial charge in [0.2, 0.25) is 6.69 Å². The van der Waals surface area contributed by atoms with Crippen LogP contribution in [0.1, 0.15) is 6.42 Å². The van der Waals surface area contributed by atoms with Crippen LogP contribution in [0.4, 0.5) is 39.5 Å². The third kappa shape index (κ3) is 4.07. The molecule has 0 rings (SSSR count). The van der Waals surface area contributed by atoms with E-state index in [2.05, 4.69) is 0 Å². The van der Waals surface area contributed by atoms with Gasteiger partial charge in [-0.3, -0.25) is 0 Å². The van der Waals surface area contributed by atoms with Crippen LogP contribution in [0.5, 0.6) is 0 Å². The van der Waals surface area contributed by atoms with Crippen LogP contribution in [0.15, 0.2) is 0 Å². The van der Waals surface area contributed by atoms with Crippen LogP contribution >= 0.6 is 22.2 Å². The van der Waals surface area contributed by atoms with Gasteiger partial charge in [-0.05, 0) is 12.6 Å². The van der Waals surface area contributed by atoms with Crippen LogP contribution in [0.3, 0.4) is 0 Å².